The maximum absolute atomic E-state index is 13.5. The van der Waals surface area contributed by atoms with Crippen LogP contribution >= 0.6 is 0 Å². The molecule has 8 nitrogen and oxygen atoms in total. The predicted octanol–water partition coefficient (Wildman–Crippen LogP) is 2.94. The fourth-order valence-electron chi connectivity index (χ4n) is 5.00. The summed E-state index contributed by atoms with van der Waals surface area (Å²) in [6.07, 6.45) is 0.738. The van der Waals surface area contributed by atoms with Gasteiger partial charge in [0.1, 0.15) is 11.8 Å². The lowest BCUT2D eigenvalue weighted by Gasteiger charge is -2.32. The Morgan fingerprint density at radius 3 is 2.45 bits per heavy atom. The third-order valence-corrected chi connectivity index (χ3v) is 6.34. The van der Waals surface area contributed by atoms with E-state index in [0.717, 1.165) is 17.5 Å². The maximum Gasteiger partial charge on any atom is 0.242 e. The van der Waals surface area contributed by atoms with E-state index in [-0.39, 0.29) is 29.7 Å². The lowest BCUT2D eigenvalue weighted by molar-refractivity contribution is -0.131. The number of hydrogen-bond donors (Lipinski definition) is 3. The summed E-state index contributed by atoms with van der Waals surface area (Å²) in [5.41, 5.74) is 8.21. The number of para-hydroxylation sites is 1. The van der Waals surface area contributed by atoms with Gasteiger partial charge in [0, 0.05) is 31.7 Å². The van der Waals surface area contributed by atoms with Crippen molar-refractivity contribution in [2.24, 2.45) is 5.92 Å². The molecule has 2 heterocycles. The minimum absolute atomic E-state index is 0.0402. The van der Waals surface area contributed by atoms with E-state index in [0.29, 0.717) is 37.9 Å². The molecule has 4 rings (SSSR count). The van der Waals surface area contributed by atoms with Crippen LogP contribution < -0.4 is 20.3 Å². The zero-order valence-electron chi connectivity index (χ0n) is 19.4. The number of carbonyl (C=O) groups excluding carboxylic acids is 1. The van der Waals surface area contributed by atoms with Gasteiger partial charge in [-0.3, -0.25) is 4.79 Å². The topological polar surface area (TPSA) is 92.3 Å². The predicted molar refractivity (Wildman–Crippen MR) is 124 cm³/mol. The van der Waals surface area contributed by atoms with E-state index in [1.807, 2.05) is 49.1 Å². The first-order valence-electron chi connectivity index (χ1n) is 11.6. The first kappa shape index (κ1) is 23.4. The number of carbonyl (C=O) groups is 1. The molecule has 2 fully saturated rings. The van der Waals surface area contributed by atoms with E-state index in [4.69, 9.17) is 14.2 Å². The van der Waals surface area contributed by atoms with Gasteiger partial charge in [0.25, 0.3) is 0 Å². The summed E-state index contributed by atoms with van der Waals surface area (Å²) in [4.78, 5) is 15.4. The van der Waals surface area contributed by atoms with Crippen LogP contribution in [0.5, 0.6) is 17.2 Å². The van der Waals surface area contributed by atoms with Crippen LogP contribution in [0.1, 0.15) is 43.5 Å². The molecule has 0 aliphatic carbocycles. The molecule has 4 atom stereocenters. The largest absolute Gasteiger partial charge is 0.508 e. The van der Waals surface area contributed by atoms with Crippen molar-refractivity contribution in [2.75, 3.05) is 33.5 Å². The number of ether oxygens (including phenoxy) is 3. The van der Waals surface area contributed by atoms with Gasteiger partial charge in [-0.15, -0.1) is 0 Å². The number of likely N-dealkylation sites (tertiary alicyclic amines) is 1. The number of amides is 1. The van der Waals surface area contributed by atoms with Crippen LogP contribution in [0.2, 0.25) is 0 Å². The van der Waals surface area contributed by atoms with Crippen molar-refractivity contribution in [1.82, 2.24) is 15.8 Å². The second-order valence-electron chi connectivity index (χ2n) is 8.28. The van der Waals surface area contributed by atoms with Crippen LogP contribution in [0.15, 0.2) is 42.5 Å². The molecule has 33 heavy (non-hydrogen) atoms. The first-order valence-corrected chi connectivity index (χ1v) is 11.6. The third kappa shape index (κ3) is 4.51. The van der Waals surface area contributed by atoms with Crippen molar-refractivity contribution >= 4 is 5.91 Å². The van der Waals surface area contributed by atoms with Crippen molar-refractivity contribution in [3.8, 4) is 17.2 Å². The number of nitrogens with zero attached hydrogens (tertiary/aromatic N) is 1. The van der Waals surface area contributed by atoms with Crippen LogP contribution in [0.25, 0.3) is 0 Å². The maximum atomic E-state index is 13.5. The molecule has 0 bridgehead atoms. The lowest BCUT2D eigenvalue weighted by Crippen LogP contribution is -2.41. The van der Waals surface area contributed by atoms with E-state index in [2.05, 4.69) is 10.9 Å². The Morgan fingerprint density at radius 2 is 1.73 bits per heavy atom. The number of rotatable bonds is 10. The number of hydrazine groups is 1. The number of aromatic hydroxyl groups is 1. The number of phenolic OH excluding ortho intramolecular Hbond substituents is 1. The summed E-state index contributed by atoms with van der Waals surface area (Å²) in [6.45, 7) is 6.09. The standard InChI is InChI=1S/C25H33N3O5/c1-4-32-19-12-11-16(15-20(19)33-5-2)24-21-22(17-9-6-7-10-18(17)29)26-27-23(21)25(30)28(24)13-8-14-31-3/h6-7,9-12,15,21-24,26-27,29H,4-5,8,13-14H2,1-3H3. The number of phenols is 1. The minimum Gasteiger partial charge on any atom is -0.508 e. The summed E-state index contributed by atoms with van der Waals surface area (Å²) in [5.74, 6) is 1.49. The highest BCUT2D eigenvalue weighted by atomic mass is 16.5. The van der Waals surface area contributed by atoms with Crippen LogP contribution in [-0.4, -0.2) is 55.4 Å². The van der Waals surface area contributed by atoms with Crippen LogP contribution in [-0.2, 0) is 9.53 Å². The van der Waals surface area contributed by atoms with Crippen LogP contribution in [0.4, 0.5) is 0 Å². The van der Waals surface area contributed by atoms with E-state index in [1.165, 1.54) is 0 Å². The van der Waals surface area contributed by atoms with Gasteiger partial charge in [0.05, 0.1) is 25.3 Å². The highest BCUT2D eigenvalue weighted by Gasteiger charge is 2.55. The van der Waals surface area contributed by atoms with Gasteiger partial charge in [-0.1, -0.05) is 24.3 Å². The summed E-state index contributed by atoms with van der Waals surface area (Å²) in [6, 6.07) is 12.3. The molecule has 1 amide bonds. The molecule has 0 radical (unpaired) electrons. The molecule has 178 valence electrons. The quantitative estimate of drug-likeness (QED) is 0.475. The Labute approximate surface area is 194 Å². The molecule has 0 saturated carbocycles. The Balaban J connectivity index is 1.75. The monoisotopic (exact) mass is 455 g/mol. The van der Waals surface area contributed by atoms with Crippen LogP contribution in [0.3, 0.4) is 0 Å². The number of fused-ring (bicyclic) bond motifs is 1. The highest BCUT2D eigenvalue weighted by molar-refractivity contribution is 5.86. The number of methoxy groups -OCH3 is 1. The average Bonchev–Trinajstić information content (AvgIpc) is 3.35. The summed E-state index contributed by atoms with van der Waals surface area (Å²) in [5, 5.41) is 10.5. The molecular weight excluding hydrogens is 422 g/mol. The summed E-state index contributed by atoms with van der Waals surface area (Å²) < 4.78 is 16.9. The minimum atomic E-state index is -0.399. The molecule has 0 aromatic heterocycles. The number of hydrogen-bond acceptors (Lipinski definition) is 7. The molecule has 2 saturated heterocycles. The third-order valence-electron chi connectivity index (χ3n) is 6.34. The molecule has 2 aliphatic heterocycles. The van der Waals surface area contributed by atoms with Gasteiger partial charge in [-0.25, -0.2) is 10.9 Å². The van der Waals surface area contributed by atoms with Gasteiger partial charge in [0.2, 0.25) is 5.91 Å². The van der Waals surface area contributed by atoms with Crippen molar-refractivity contribution < 1.29 is 24.1 Å². The van der Waals surface area contributed by atoms with Gasteiger partial charge >= 0.3 is 0 Å². The van der Waals surface area contributed by atoms with E-state index in [9.17, 15) is 9.90 Å². The zero-order valence-corrected chi connectivity index (χ0v) is 19.4. The zero-order chi connectivity index (χ0) is 23.4. The van der Waals surface area contributed by atoms with E-state index >= 15 is 0 Å². The molecular formula is C25H33N3O5. The second-order valence-corrected chi connectivity index (χ2v) is 8.28. The van der Waals surface area contributed by atoms with Crippen molar-refractivity contribution in [3.05, 3.63) is 53.6 Å². The van der Waals surface area contributed by atoms with Gasteiger partial charge in [0.15, 0.2) is 11.5 Å². The Hall–Kier alpha value is -2.81. The Kier molecular flexibility index (Phi) is 7.37. The molecule has 0 spiro atoms. The highest BCUT2D eigenvalue weighted by Crippen LogP contribution is 2.49. The fourth-order valence-corrected chi connectivity index (χ4v) is 5.00. The molecule has 2 aromatic carbocycles. The van der Waals surface area contributed by atoms with E-state index < -0.39 is 6.04 Å². The average molecular weight is 456 g/mol. The van der Waals surface area contributed by atoms with Crippen molar-refractivity contribution in [2.45, 2.75) is 38.4 Å². The van der Waals surface area contributed by atoms with Crippen molar-refractivity contribution in [3.63, 3.8) is 0 Å². The lowest BCUT2D eigenvalue weighted by atomic mass is 9.83. The van der Waals surface area contributed by atoms with Gasteiger partial charge < -0.3 is 24.2 Å². The first-order chi connectivity index (χ1) is 16.1. The summed E-state index contributed by atoms with van der Waals surface area (Å²) in [7, 11) is 1.67. The smallest absolute Gasteiger partial charge is 0.242 e. The van der Waals surface area contributed by atoms with Crippen LogP contribution in [0, 0.1) is 5.92 Å². The Morgan fingerprint density at radius 1 is 1.00 bits per heavy atom. The molecule has 2 aliphatic rings. The summed E-state index contributed by atoms with van der Waals surface area (Å²) >= 11 is 0. The molecule has 2 aromatic rings. The second kappa shape index (κ2) is 10.4. The molecule has 3 N–H and O–H groups in total. The van der Waals surface area contributed by atoms with E-state index in [1.54, 1.807) is 19.2 Å². The van der Waals surface area contributed by atoms with Gasteiger partial charge in [-0.2, -0.15) is 0 Å². The van der Waals surface area contributed by atoms with Crippen molar-refractivity contribution in [1.29, 1.82) is 0 Å². The normalized spacial score (nSPS) is 24.2. The SMILES string of the molecule is CCOc1ccc(C2C3C(NNC3c3ccccc3O)C(=O)N2CCCOC)cc1OCC. The van der Waals surface area contributed by atoms with Gasteiger partial charge in [-0.05, 0) is 44.0 Å². The fraction of sp³-hybridized carbons (Fsp3) is 0.480. The number of benzene rings is 2. The Bertz CT molecular complexity index is 969. The molecule has 4 unspecified atom stereocenters. The number of nitrogens with one attached hydrogen (secondary N) is 2. The molecule has 8 heteroatoms.